The number of benzene rings is 1. The van der Waals surface area contributed by atoms with Crippen molar-refractivity contribution < 1.29 is 9.90 Å². The lowest BCUT2D eigenvalue weighted by Crippen LogP contribution is -2.38. The third-order valence-corrected chi connectivity index (χ3v) is 3.21. The van der Waals surface area contributed by atoms with E-state index in [9.17, 15) is 4.79 Å². The maximum atomic E-state index is 12.3. The predicted molar refractivity (Wildman–Crippen MR) is 81.5 cm³/mol. The van der Waals surface area contributed by atoms with Crippen LogP contribution in [0.15, 0.2) is 18.2 Å². The second-order valence-electron chi connectivity index (χ2n) is 5.28. The molecule has 0 radical (unpaired) electrons. The van der Waals surface area contributed by atoms with Crippen molar-refractivity contribution in [1.29, 1.82) is 0 Å². The van der Waals surface area contributed by atoms with Crippen LogP contribution in [-0.2, 0) is 0 Å². The lowest BCUT2D eigenvalue weighted by Gasteiger charge is -2.20. The van der Waals surface area contributed by atoms with Crippen LogP contribution < -0.4 is 5.32 Å². The highest BCUT2D eigenvalue weighted by molar-refractivity contribution is 5.95. The predicted octanol–water partition coefficient (Wildman–Crippen LogP) is 2.50. The second-order valence-corrected chi connectivity index (χ2v) is 5.28. The molecule has 1 amide bonds. The van der Waals surface area contributed by atoms with Crippen LogP contribution in [0.1, 0.15) is 48.7 Å². The fraction of sp³-hybridized carbons (Fsp3) is 0.471. The van der Waals surface area contributed by atoms with Gasteiger partial charge in [0.25, 0.3) is 5.91 Å². The van der Waals surface area contributed by atoms with Gasteiger partial charge in [0.1, 0.15) is 6.61 Å². The first kappa shape index (κ1) is 16.3. The van der Waals surface area contributed by atoms with Crippen LogP contribution in [0.3, 0.4) is 0 Å². The van der Waals surface area contributed by atoms with Gasteiger partial charge >= 0.3 is 0 Å². The molecular weight excluding hydrogens is 250 g/mol. The van der Waals surface area contributed by atoms with Gasteiger partial charge in [-0.2, -0.15) is 0 Å². The molecule has 0 aliphatic carbocycles. The van der Waals surface area contributed by atoms with Gasteiger partial charge in [-0.25, -0.2) is 0 Å². The Morgan fingerprint density at radius 2 is 2.05 bits per heavy atom. The molecule has 1 aromatic rings. The third-order valence-electron chi connectivity index (χ3n) is 3.21. The molecule has 0 spiro atoms. The Morgan fingerprint density at radius 3 is 2.60 bits per heavy atom. The van der Waals surface area contributed by atoms with Crippen LogP contribution in [0.4, 0.5) is 0 Å². The van der Waals surface area contributed by atoms with Gasteiger partial charge in [0.15, 0.2) is 0 Å². The number of carbonyl (C=O) groups excluding carboxylic acids is 1. The van der Waals surface area contributed by atoms with Gasteiger partial charge in [-0.15, -0.1) is 0 Å². The zero-order valence-electron chi connectivity index (χ0n) is 12.7. The summed E-state index contributed by atoms with van der Waals surface area (Å²) in [7, 11) is 0. The highest BCUT2D eigenvalue weighted by Crippen LogP contribution is 2.11. The summed E-state index contributed by atoms with van der Waals surface area (Å²) in [5.74, 6) is 5.78. The normalized spacial score (nSPS) is 11.7. The number of carbonyl (C=O) groups is 1. The smallest absolute Gasteiger partial charge is 0.251 e. The second kappa shape index (κ2) is 7.72. The van der Waals surface area contributed by atoms with Gasteiger partial charge < -0.3 is 10.4 Å². The molecule has 0 saturated heterocycles. The van der Waals surface area contributed by atoms with Crippen molar-refractivity contribution in [2.75, 3.05) is 6.61 Å². The maximum Gasteiger partial charge on any atom is 0.251 e. The van der Waals surface area contributed by atoms with Crippen LogP contribution >= 0.6 is 0 Å². The summed E-state index contributed by atoms with van der Waals surface area (Å²) in [6, 6.07) is 5.69. The number of amides is 1. The molecule has 3 nitrogen and oxygen atoms in total. The topological polar surface area (TPSA) is 49.3 Å². The summed E-state index contributed by atoms with van der Waals surface area (Å²) >= 11 is 0. The quantitative estimate of drug-likeness (QED) is 0.828. The van der Waals surface area contributed by atoms with Crippen LogP contribution in [-0.4, -0.2) is 23.7 Å². The van der Waals surface area contributed by atoms with Gasteiger partial charge in [0.05, 0.1) is 0 Å². The first-order valence-electron chi connectivity index (χ1n) is 7.00. The number of aryl methyl sites for hydroxylation is 1. The molecule has 1 aromatic carbocycles. The van der Waals surface area contributed by atoms with E-state index in [2.05, 4.69) is 37.9 Å². The molecule has 20 heavy (non-hydrogen) atoms. The standard InChI is InChI=1S/C17H23NO2/c1-5-16(12(2)3)18-17(20)15-10-13(4)9-14(11-15)7-6-8-19/h9-12,16,19H,5,8H2,1-4H3,(H,18,20). The van der Waals surface area contributed by atoms with Crippen molar-refractivity contribution in [1.82, 2.24) is 5.32 Å². The zero-order valence-corrected chi connectivity index (χ0v) is 12.7. The van der Waals surface area contributed by atoms with Gasteiger partial charge in [0.2, 0.25) is 0 Å². The summed E-state index contributed by atoms with van der Waals surface area (Å²) in [5.41, 5.74) is 2.35. The van der Waals surface area contributed by atoms with Crippen LogP contribution in [0.5, 0.6) is 0 Å². The number of nitrogens with one attached hydrogen (secondary N) is 1. The summed E-state index contributed by atoms with van der Waals surface area (Å²) in [6.07, 6.45) is 0.909. The van der Waals surface area contributed by atoms with Gasteiger partial charge in [-0.3, -0.25) is 4.79 Å². The average molecular weight is 273 g/mol. The molecule has 0 fully saturated rings. The van der Waals surface area contributed by atoms with Crippen molar-refractivity contribution in [3.8, 4) is 11.8 Å². The van der Waals surface area contributed by atoms with Crippen molar-refractivity contribution >= 4 is 5.91 Å². The average Bonchev–Trinajstić information content (AvgIpc) is 2.41. The van der Waals surface area contributed by atoms with Crippen LogP contribution in [0.2, 0.25) is 0 Å². The molecule has 1 atom stereocenters. The molecule has 1 rings (SSSR count). The Morgan fingerprint density at radius 1 is 1.35 bits per heavy atom. The Labute approximate surface area is 121 Å². The minimum Gasteiger partial charge on any atom is -0.384 e. The number of aliphatic hydroxyl groups is 1. The van der Waals surface area contributed by atoms with Crippen LogP contribution in [0, 0.1) is 24.7 Å². The molecule has 0 heterocycles. The van der Waals surface area contributed by atoms with Crippen molar-refractivity contribution in [2.45, 2.75) is 40.2 Å². The molecule has 0 aliphatic heterocycles. The Kier molecular flexibility index (Phi) is 6.27. The van der Waals surface area contributed by atoms with E-state index in [1.807, 2.05) is 19.1 Å². The molecule has 0 saturated carbocycles. The minimum atomic E-state index is -0.180. The summed E-state index contributed by atoms with van der Waals surface area (Å²) in [5, 5.41) is 11.8. The fourth-order valence-electron chi connectivity index (χ4n) is 2.12. The number of aliphatic hydroxyl groups excluding tert-OH is 1. The van der Waals surface area contributed by atoms with Gasteiger partial charge in [-0.05, 0) is 43.0 Å². The van der Waals surface area contributed by atoms with Gasteiger partial charge in [0, 0.05) is 17.2 Å². The molecular formula is C17H23NO2. The van der Waals surface area contributed by atoms with Crippen molar-refractivity contribution in [2.24, 2.45) is 5.92 Å². The van der Waals surface area contributed by atoms with E-state index >= 15 is 0 Å². The van der Waals surface area contributed by atoms with Crippen molar-refractivity contribution in [3.63, 3.8) is 0 Å². The Balaban J connectivity index is 2.95. The highest BCUT2D eigenvalue weighted by Gasteiger charge is 2.15. The van der Waals surface area contributed by atoms with E-state index in [-0.39, 0.29) is 18.6 Å². The van der Waals surface area contributed by atoms with E-state index < -0.39 is 0 Å². The van der Waals surface area contributed by atoms with Crippen LogP contribution in [0.25, 0.3) is 0 Å². The molecule has 0 aliphatic rings. The van der Waals surface area contributed by atoms with E-state index in [1.165, 1.54) is 0 Å². The van der Waals surface area contributed by atoms with E-state index in [4.69, 9.17) is 5.11 Å². The molecule has 0 aromatic heterocycles. The van der Waals surface area contributed by atoms with Crippen molar-refractivity contribution in [3.05, 3.63) is 34.9 Å². The SMILES string of the molecule is CCC(NC(=O)c1cc(C)cc(C#CCO)c1)C(C)C. The summed E-state index contributed by atoms with van der Waals surface area (Å²) in [4.78, 5) is 12.3. The highest BCUT2D eigenvalue weighted by atomic mass is 16.2. The summed E-state index contributed by atoms with van der Waals surface area (Å²) < 4.78 is 0. The maximum absolute atomic E-state index is 12.3. The monoisotopic (exact) mass is 273 g/mol. The third kappa shape index (κ3) is 4.71. The number of hydrogen-bond donors (Lipinski definition) is 2. The number of rotatable bonds is 4. The largest absolute Gasteiger partial charge is 0.384 e. The lowest BCUT2D eigenvalue weighted by atomic mass is 10.0. The minimum absolute atomic E-state index is 0.0682. The lowest BCUT2D eigenvalue weighted by molar-refractivity contribution is 0.0924. The number of hydrogen-bond acceptors (Lipinski definition) is 2. The Bertz CT molecular complexity index is 524. The molecule has 1 unspecified atom stereocenters. The molecule has 108 valence electrons. The fourth-order valence-corrected chi connectivity index (χ4v) is 2.12. The molecule has 2 N–H and O–H groups in total. The van der Waals surface area contributed by atoms with E-state index in [0.29, 0.717) is 11.5 Å². The van der Waals surface area contributed by atoms with E-state index in [0.717, 1.165) is 17.5 Å². The molecule has 0 bridgehead atoms. The summed E-state index contributed by atoms with van der Waals surface area (Å²) in [6.45, 7) is 8.02. The van der Waals surface area contributed by atoms with E-state index in [1.54, 1.807) is 6.07 Å². The molecule has 3 heteroatoms. The first-order chi connectivity index (χ1) is 9.47. The van der Waals surface area contributed by atoms with Gasteiger partial charge in [-0.1, -0.05) is 32.6 Å². The zero-order chi connectivity index (χ0) is 15.1. The first-order valence-corrected chi connectivity index (χ1v) is 7.00. The Hall–Kier alpha value is -1.79.